The minimum atomic E-state index is 0.804. The summed E-state index contributed by atoms with van der Waals surface area (Å²) < 4.78 is 4.68. The van der Waals surface area contributed by atoms with E-state index in [2.05, 4.69) is 224 Å². The molecule has 10 rings (SSSR count). The number of anilines is 3. The maximum atomic E-state index is 6.78. The Morgan fingerprint density at radius 2 is 1.23 bits per heavy atom. The molecule has 6 heteroatoms. The Bertz CT molecular complexity index is 3420. The van der Waals surface area contributed by atoms with Crippen LogP contribution in [0.4, 0.5) is 17.1 Å². The lowest BCUT2D eigenvalue weighted by atomic mass is 9.97. The molecule has 0 bridgehead atoms. The van der Waals surface area contributed by atoms with Crippen molar-refractivity contribution in [1.82, 2.24) is 14.1 Å². The zero-order valence-corrected chi connectivity index (χ0v) is 37.2. The number of aryl methyl sites for hydroxylation is 1. The van der Waals surface area contributed by atoms with Crippen molar-refractivity contribution in [1.29, 1.82) is 0 Å². The van der Waals surface area contributed by atoms with Crippen molar-refractivity contribution in [3.8, 4) is 27.9 Å². The third-order valence-corrected chi connectivity index (χ3v) is 12.7. The van der Waals surface area contributed by atoms with E-state index < -0.39 is 0 Å². The number of nitrogens with two attached hydrogens (primary N) is 1. The standard InChI is InChI=1S/C59H50N6/c1-7-22-49-50(10-4)64(54-32-20-15-27-46(54)56-45-26-14-18-30-51(45)62(6)58(49)56)43-35-40(37-61-38-43)39(5)34-42(36-60)63-52(23-8-2)44(9-3)59-57(47-28-16-19-31-53(47)63)48-29-17-21-33-55(48)65(59)41-24-12-11-13-25-41/h7-38H,3-4,60H2,1-2,5-6H3/b22-7-,23-8-,39-34+,42-36+. The third kappa shape index (κ3) is 6.44. The summed E-state index contributed by atoms with van der Waals surface area (Å²) in [5.74, 6) is 0. The van der Waals surface area contributed by atoms with Gasteiger partial charge in [0.15, 0.2) is 0 Å². The van der Waals surface area contributed by atoms with E-state index in [0.717, 1.165) is 101 Å². The second kappa shape index (κ2) is 16.7. The summed E-state index contributed by atoms with van der Waals surface area (Å²) in [5.41, 5.74) is 26.6. The summed E-state index contributed by atoms with van der Waals surface area (Å²) in [7, 11) is 2.15. The molecule has 3 aromatic heterocycles. The van der Waals surface area contributed by atoms with Gasteiger partial charge in [-0.3, -0.25) is 4.98 Å². The predicted molar refractivity (Wildman–Crippen MR) is 276 cm³/mol. The van der Waals surface area contributed by atoms with Gasteiger partial charge in [-0.15, -0.1) is 0 Å². The molecule has 0 unspecified atom stereocenters. The Kier molecular flexibility index (Phi) is 10.5. The molecule has 0 aliphatic carbocycles. The molecular weight excluding hydrogens is 793 g/mol. The van der Waals surface area contributed by atoms with Crippen molar-refractivity contribution in [2.24, 2.45) is 12.8 Å². The molecule has 0 amide bonds. The van der Waals surface area contributed by atoms with Gasteiger partial charge in [0, 0.05) is 74.8 Å². The maximum absolute atomic E-state index is 6.78. The first-order valence-electron chi connectivity index (χ1n) is 22.0. The highest BCUT2D eigenvalue weighted by atomic mass is 15.2. The van der Waals surface area contributed by atoms with E-state index in [0.29, 0.717) is 0 Å². The average Bonchev–Trinajstić information content (AvgIpc) is 3.75. The quantitative estimate of drug-likeness (QED) is 0.147. The minimum Gasteiger partial charge on any atom is -0.403 e. The molecule has 6 nitrogen and oxygen atoms in total. The van der Waals surface area contributed by atoms with E-state index >= 15 is 0 Å². The molecule has 0 atom stereocenters. The van der Waals surface area contributed by atoms with E-state index in [9.17, 15) is 0 Å². The van der Waals surface area contributed by atoms with Crippen molar-refractivity contribution in [2.75, 3.05) is 9.80 Å². The van der Waals surface area contributed by atoms with Gasteiger partial charge in [-0.25, -0.2) is 0 Å². The molecule has 0 spiro atoms. The Balaban J connectivity index is 1.15. The summed E-state index contributed by atoms with van der Waals surface area (Å²) in [6.45, 7) is 15.1. The number of nitrogens with zero attached hydrogens (tertiary/aromatic N) is 5. The van der Waals surface area contributed by atoms with Gasteiger partial charge in [-0.1, -0.05) is 128 Å². The van der Waals surface area contributed by atoms with Crippen LogP contribution in [-0.2, 0) is 7.05 Å². The first kappa shape index (κ1) is 40.7. The van der Waals surface area contributed by atoms with Crippen molar-refractivity contribution < 1.29 is 0 Å². The monoisotopic (exact) mass is 842 g/mol. The Labute approximate surface area is 381 Å². The van der Waals surface area contributed by atoms with Crippen LogP contribution >= 0.6 is 0 Å². The Morgan fingerprint density at radius 3 is 1.92 bits per heavy atom. The zero-order valence-electron chi connectivity index (χ0n) is 37.2. The Morgan fingerprint density at radius 1 is 0.615 bits per heavy atom. The second-order valence-electron chi connectivity index (χ2n) is 16.3. The number of hydrogen-bond donors (Lipinski definition) is 1. The first-order valence-corrected chi connectivity index (χ1v) is 22.0. The fourth-order valence-electron chi connectivity index (χ4n) is 9.97. The van der Waals surface area contributed by atoms with Crippen molar-refractivity contribution in [3.05, 3.63) is 242 Å². The molecular formula is C59H50N6. The Hall–Kier alpha value is -8.35. The van der Waals surface area contributed by atoms with Gasteiger partial charge in [0.1, 0.15) is 0 Å². The number of benzene rings is 5. The van der Waals surface area contributed by atoms with Crippen molar-refractivity contribution >= 4 is 55.6 Å². The van der Waals surface area contributed by atoms with Gasteiger partial charge < -0.3 is 24.7 Å². The van der Waals surface area contributed by atoms with Gasteiger partial charge in [0.2, 0.25) is 0 Å². The molecule has 8 aromatic rings. The van der Waals surface area contributed by atoms with Gasteiger partial charge in [-0.05, 0) is 92.6 Å². The van der Waals surface area contributed by atoms with Gasteiger partial charge >= 0.3 is 0 Å². The molecule has 0 radical (unpaired) electrons. The van der Waals surface area contributed by atoms with E-state index in [1.54, 1.807) is 6.20 Å². The fraction of sp³-hybridized carbons (Fsp3) is 0.0678. The van der Waals surface area contributed by atoms with E-state index in [-0.39, 0.29) is 0 Å². The molecule has 2 aliphatic heterocycles. The SMILES string of the molecule is C=CC1=C(/C=C\C)N(C(/C=C(\C)c2cncc(N3C(C=C)=C(/C=C\C)c4c(c5ccccc5n4C)-c4ccccc43)c2)=C/N)c2ccccc2-c2c1n(-c1ccccc1)c1ccccc21. The van der Waals surface area contributed by atoms with Gasteiger partial charge in [0.05, 0.1) is 57.3 Å². The zero-order chi connectivity index (χ0) is 44.8. The number of pyridine rings is 1. The van der Waals surface area contributed by atoms with E-state index in [1.165, 1.54) is 16.5 Å². The molecule has 0 fully saturated rings. The number of hydrogen-bond acceptors (Lipinski definition) is 4. The van der Waals surface area contributed by atoms with Gasteiger partial charge in [0.25, 0.3) is 0 Å². The van der Waals surface area contributed by atoms with Crippen LogP contribution in [0.3, 0.4) is 0 Å². The summed E-state index contributed by atoms with van der Waals surface area (Å²) in [4.78, 5) is 9.49. The van der Waals surface area contributed by atoms with Crippen LogP contribution < -0.4 is 15.5 Å². The molecule has 5 aromatic carbocycles. The summed E-state index contributed by atoms with van der Waals surface area (Å²) in [6.07, 6.45) is 20.2. The normalized spacial score (nSPS) is 14.2. The second-order valence-corrected chi connectivity index (χ2v) is 16.3. The van der Waals surface area contributed by atoms with E-state index in [4.69, 9.17) is 10.7 Å². The van der Waals surface area contributed by atoms with Crippen LogP contribution in [0.25, 0.3) is 66.5 Å². The fourth-order valence-corrected chi connectivity index (χ4v) is 9.97. The molecule has 65 heavy (non-hydrogen) atoms. The summed E-state index contributed by atoms with van der Waals surface area (Å²) in [5, 5.41) is 2.36. The first-order chi connectivity index (χ1) is 31.9. The molecule has 2 N–H and O–H groups in total. The smallest absolute Gasteiger partial charge is 0.0651 e. The highest BCUT2D eigenvalue weighted by Crippen LogP contribution is 2.52. The number of aromatic nitrogens is 3. The van der Waals surface area contributed by atoms with Crippen LogP contribution in [0.5, 0.6) is 0 Å². The molecule has 316 valence electrons. The van der Waals surface area contributed by atoms with Crippen LogP contribution in [0, 0.1) is 0 Å². The minimum absolute atomic E-state index is 0.804. The molecule has 0 saturated carbocycles. The van der Waals surface area contributed by atoms with E-state index in [1.807, 2.05) is 24.5 Å². The summed E-state index contributed by atoms with van der Waals surface area (Å²) >= 11 is 0. The lowest BCUT2D eigenvalue weighted by molar-refractivity contribution is 0.949. The molecule has 0 saturated heterocycles. The predicted octanol–water partition coefficient (Wildman–Crippen LogP) is 14.7. The van der Waals surface area contributed by atoms with Crippen LogP contribution in [0.15, 0.2) is 225 Å². The summed E-state index contributed by atoms with van der Waals surface area (Å²) in [6, 6.07) is 47.3. The van der Waals surface area contributed by atoms with Gasteiger partial charge in [-0.2, -0.15) is 0 Å². The number of para-hydroxylation sites is 5. The molecule has 2 aliphatic rings. The van der Waals surface area contributed by atoms with Crippen LogP contribution in [0.1, 0.15) is 37.7 Å². The lowest BCUT2D eigenvalue weighted by Gasteiger charge is -2.29. The van der Waals surface area contributed by atoms with Crippen molar-refractivity contribution in [2.45, 2.75) is 20.8 Å². The number of fused-ring (bicyclic) bond motifs is 10. The third-order valence-electron chi connectivity index (χ3n) is 12.7. The number of allylic oxidation sites excluding steroid dienone is 10. The maximum Gasteiger partial charge on any atom is 0.0651 e. The highest BCUT2D eigenvalue weighted by molar-refractivity contribution is 6.11. The van der Waals surface area contributed by atoms with Crippen molar-refractivity contribution in [3.63, 3.8) is 0 Å². The largest absolute Gasteiger partial charge is 0.403 e. The molecule has 5 heterocycles. The topological polar surface area (TPSA) is 55.3 Å². The lowest BCUT2D eigenvalue weighted by Crippen LogP contribution is -2.22. The highest BCUT2D eigenvalue weighted by Gasteiger charge is 2.33. The number of rotatable bonds is 9. The van der Waals surface area contributed by atoms with Crippen LogP contribution in [-0.4, -0.2) is 14.1 Å². The average molecular weight is 843 g/mol. The van der Waals surface area contributed by atoms with Crippen LogP contribution in [0.2, 0.25) is 0 Å².